The number of rotatable bonds is 19. The number of hydrogen-bond acceptors (Lipinski definition) is 4. The first-order chi connectivity index (χ1) is 58.7. The molecule has 0 aliphatic heterocycles. The molecule has 0 radical (unpaired) electrons. The van der Waals surface area contributed by atoms with Crippen LogP contribution in [0.4, 0.5) is 22.8 Å². The number of nitrogens with one attached hydrogen (secondary N) is 2. The predicted octanol–water partition coefficient (Wildman–Crippen LogP) is 18.8. The lowest BCUT2D eigenvalue weighted by Crippen LogP contribution is -3.00. The molecular formula is C105H86ClF3IN9O2. The highest BCUT2D eigenvalue weighted by atomic mass is 127. The lowest BCUT2D eigenvalue weighted by molar-refractivity contribution is -0.671. The third-order valence-corrected chi connectivity index (χ3v) is 21.3. The molecule has 17 aromatic rings. The van der Waals surface area contributed by atoms with Gasteiger partial charge in [0.25, 0.3) is 0 Å². The van der Waals surface area contributed by atoms with Gasteiger partial charge in [0, 0.05) is 34.1 Å². The minimum atomic E-state index is -0.998. The minimum Gasteiger partial charge on any atom is -1.00 e. The van der Waals surface area contributed by atoms with E-state index in [9.17, 15) is 28.0 Å². The molecule has 0 unspecified atom stereocenters. The van der Waals surface area contributed by atoms with Crippen molar-refractivity contribution < 1.29 is 51.3 Å². The fourth-order valence-electron chi connectivity index (χ4n) is 15.8. The minimum absolute atomic E-state index is 0. The molecule has 2 heterocycles. The number of urea groups is 2. The van der Waals surface area contributed by atoms with Crippen LogP contribution >= 0.6 is 11.6 Å². The highest BCUT2D eigenvalue weighted by Crippen LogP contribution is 2.45. The highest BCUT2D eigenvalue weighted by molar-refractivity contribution is 6.30. The van der Waals surface area contributed by atoms with Gasteiger partial charge in [-0.25, -0.2) is 31.9 Å². The zero-order valence-corrected chi connectivity index (χ0v) is 69.0. The van der Waals surface area contributed by atoms with Crippen molar-refractivity contribution in [2.24, 2.45) is 18.5 Å². The van der Waals surface area contributed by atoms with E-state index < -0.39 is 39.6 Å². The number of primary amides is 2. The highest BCUT2D eigenvalue weighted by Gasteiger charge is 2.45. The van der Waals surface area contributed by atoms with Crippen molar-refractivity contribution in [2.45, 2.75) is 27.6 Å². The van der Waals surface area contributed by atoms with Gasteiger partial charge in [0.2, 0.25) is 6.33 Å². The number of nitrogens with zero attached hydrogens (tertiary/aromatic N) is 5. The fraction of sp³-hybridized carbons (Fsp3) is 0.0571. The predicted molar refractivity (Wildman–Crippen MR) is 471 cm³/mol. The van der Waals surface area contributed by atoms with E-state index in [1.165, 1.54) is 53.1 Å². The van der Waals surface area contributed by atoms with Crippen LogP contribution in [-0.2, 0) is 34.6 Å². The van der Waals surface area contributed by atoms with Gasteiger partial charge in [-0.1, -0.05) is 394 Å². The van der Waals surface area contributed by atoms with Crippen molar-refractivity contribution in [1.82, 2.24) is 25.0 Å². The summed E-state index contributed by atoms with van der Waals surface area (Å²) in [5.41, 5.74) is 21.5. The molecule has 0 saturated heterocycles. The Morgan fingerprint density at radius 1 is 0.339 bits per heavy atom. The molecule has 17 rings (SSSR count). The van der Waals surface area contributed by atoms with Crippen LogP contribution in [0.25, 0.3) is 0 Å². The first-order valence-corrected chi connectivity index (χ1v) is 39.3. The van der Waals surface area contributed by atoms with Crippen LogP contribution in [0.1, 0.15) is 83.5 Å². The van der Waals surface area contributed by atoms with Gasteiger partial charge in [-0.2, -0.15) is 10.4 Å². The second-order valence-electron chi connectivity index (χ2n) is 28.3. The third kappa shape index (κ3) is 18.9. The van der Waals surface area contributed by atoms with Crippen LogP contribution in [-0.4, -0.2) is 26.4 Å². The molecule has 0 spiro atoms. The molecule has 598 valence electrons. The van der Waals surface area contributed by atoms with Crippen molar-refractivity contribution in [3.63, 3.8) is 0 Å². The van der Waals surface area contributed by atoms with E-state index in [0.29, 0.717) is 5.02 Å². The van der Waals surface area contributed by atoms with Gasteiger partial charge in [0.15, 0.2) is 5.54 Å². The van der Waals surface area contributed by atoms with Gasteiger partial charge >= 0.3 is 12.1 Å². The molecule has 0 aliphatic carbocycles. The summed E-state index contributed by atoms with van der Waals surface area (Å²) in [7, 11) is 2.06. The number of hydrogen-bond donors (Lipinski definition) is 4. The lowest BCUT2D eigenvalue weighted by Gasteiger charge is -2.36. The van der Waals surface area contributed by atoms with Crippen LogP contribution in [0.3, 0.4) is 0 Å². The fourth-order valence-corrected chi connectivity index (χ4v) is 15.9. The van der Waals surface area contributed by atoms with E-state index in [4.69, 9.17) is 23.1 Å². The number of carbonyl (C=O) groups excluding carboxylic acids is 2. The van der Waals surface area contributed by atoms with Crippen molar-refractivity contribution in [2.75, 3.05) is 0 Å². The van der Waals surface area contributed by atoms with Crippen LogP contribution in [0.15, 0.2) is 468 Å². The Labute approximate surface area is 726 Å². The van der Waals surface area contributed by atoms with Crippen LogP contribution in [0.2, 0.25) is 5.02 Å². The average Bonchev–Trinajstić information content (AvgIpc) is 1.73. The molecule has 0 atom stereocenters. The Balaban J connectivity index is 0.000000138. The molecule has 0 saturated carbocycles. The van der Waals surface area contributed by atoms with Crippen molar-refractivity contribution in [3.8, 4) is 6.07 Å². The standard InChI is InChI=1S/C23H21N2.C22H17FN2.C20H17ClN2O.C20H17FN2O.C20H14FN.HI/c1-24-17-18-25(19-24)23(20-11-5-2-6-12-20,21-13-7-3-8-14-21)22-15-9-4-10-16-22;23-21-14-12-20(13-15-21)22(25-17-7-16-24-25,18-8-3-1-4-9-18)19-10-5-2-6-11-19;2*21-18-13-11-17(12-14-18)20(23-19(22)24,15-7-3-1-4-8-15)16-9-5-2-6-10-16;21-19-13-11-18(12-14-19)20(15-22,16-7-3-1-4-8-16)17-9-5-2-6-10-17;/h2-19H,1H3;1-17H;2*1-14H,(H3,22,23,24);1-14H;1H/q+1;;;;;/p-1. The molecule has 0 bridgehead atoms. The van der Waals surface area contributed by atoms with E-state index in [1.54, 1.807) is 42.6 Å². The summed E-state index contributed by atoms with van der Waals surface area (Å²) in [5.74, 6) is -0.899. The number of aryl methyl sites for hydroxylation is 1. The van der Waals surface area contributed by atoms with Crippen molar-refractivity contribution in [3.05, 3.63) is 574 Å². The zero-order chi connectivity index (χ0) is 83.6. The molecular weight excluding hydrogens is 1640 g/mol. The molecule has 16 heteroatoms. The smallest absolute Gasteiger partial charge is 0.313 e. The summed E-state index contributed by atoms with van der Waals surface area (Å²) in [6.07, 6.45) is 10.1. The number of carbonyl (C=O) groups is 2. The van der Waals surface area contributed by atoms with Crippen molar-refractivity contribution in [1.29, 1.82) is 5.26 Å². The molecule has 2 aromatic heterocycles. The Kier molecular flexibility index (Phi) is 28.8. The first kappa shape index (κ1) is 85.9. The van der Waals surface area contributed by atoms with Crippen LogP contribution in [0.5, 0.6) is 0 Å². The summed E-state index contributed by atoms with van der Waals surface area (Å²) in [6, 6.07) is 140. The molecule has 4 amide bonds. The first-order valence-electron chi connectivity index (χ1n) is 38.9. The normalized spacial score (nSPS) is 11.1. The topological polar surface area (TPSA) is 161 Å². The lowest BCUT2D eigenvalue weighted by atomic mass is 9.70. The SMILES string of the molecule is C[n+]1ccn(C(c2ccccc2)(c2ccccc2)c2ccccc2)c1.Fc1ccc(C(c2ccccc2)(c2ccccc2)n2cccn2)cc1.N#CC(c1ccccc1)(c1ccccc1)c1ccc(F)cc1.NC(=O)NC(c1ccccc1)(c1ccccc1)c1ccc(Cl)cc1.NC(=O)NC(c1ccccc1)(c1ccccc1)c1ccc(F)cc1.[I-]. The summed E-state index contributed by atoms with van der Waals surface area (Å²) in [5, 5.41) is 21.1. The molecule has 6 N–H and O–H groups in total. The van der Waals surface area contributed by atoms with E-state index in [-0.39, 0.29) is 41.4 Å². The van der Waals surface area contributed by atoms with E-state index in [1.807, 2.05) is 260 Å². The van der Waals surface area contributed by atoms with Gasteiger partial charge in [-0.15, -0.1) is 0 Å². The molecule has 121 heavy (non-hydrogen) atoms. The number of amides is 4. The van der Waals surface area contributed by atoms with Gasteiger partial charge in [-0.05, 0) is 121 Å². The van der Waals surface area contributed by atoms with E-state index in [0.717, 1.165) is 66.8 Å². The monoisotopic (exact) mass is 1720 g/mol. The number of imidazole rings is 1. The number of nitrogens with two attached hydrogens (primary N) is 2. The largest absolute Gasteiger partial charge is 1.00 e. The maximum Gasteiger partial charge on any atom is 0.313 e. The molecule has 11 nitrogen and oxygen atoms in total. The summed E-state index contributed by atoms with van der Waals surface area (Å²) in [6.45, 7) is 0. The number of benzene rings is 15. The quantitative estimate of drug-likeness (QED) is 0.0361. The summed E-state index contributed by atoms with van der Waals surface area (Å²) in [4.78, 5) is 23.7. The van der Waals surface area contributed by atoms with Crippen LogP contribution < -0.4 is 50.6 Å². The molecule has 15 aromatic carbocycles. The third-order valence-electron chi connectivity index (χ3n) is 21.1. The number of aromatic nitrogens is 4. The maximum absolute atomic E-state index is 13.6. The van der Waals surface area contributed by atoms with E-state index >= 15 is 0 Å². The van der Waals surface area contributed by atoms with Crippen LogP contribution in [0, 0.1) is 28.8 Å². The average molecular weight is 1730 g/mol. The van der Waals surface area contributed by atoms with E-state index in [2.05, 4.69) is 172 Å². The Morgan fingerprint density at radius 2 is 0.570 bits per heavy atom. The molecule has 0 aliphatic rings. The molecule has 0 fully saturated rings. The Morgan fingerprint density at radius 3 is 0.826 bits per heavy atom. The maximum atomic E-state index is 13.6. The zero-order valence-electron chi connectivity index (χ0n) is 66.1. The van der Waals surface area contributed by atoms with Gasteiger partial charge in [0.1, 0.15) is 51.9 Å². The second-order valence-corrected chi connectivity index (χ2v) is 28.7. The van der Waals surface area contributed by atoms with Gasteiger partial charge in [0.05, 0.1) is 13.1 Å². The van der Waals surface area contributed by atoms with Gasteiger partial charge < -0.3 is 46.1 Å². The van der Waals surface area contributed by atoms with Gasteiger partial charge in [-0.3, -0.25) is 4.68 Å². The summed E-state index contributed by atoms with van der Waals surface area (Å²) < 4.78 is 46.7. The van der Waals surface area contributed by atoms with Crippen molar-refractivity contribution >= 4 is 23.7 Å². The Bertz CT molecular complexity index is 5670. The summed E-state index contributed by atoms with van der Waals surface area (Å²) >= 11 is 6.05. The Hall–Kier alpha value is -14.4. The second kappa shape index (κ2) is 40.6. The number of halogens is 5. The number of nitriles is 1.